The van der Waals surface area contributed by atoms with Crippen LogP contribution in [0.4, 0.5) is 11.8 Å². The lowest BCUT2D eigenvalue weighted by Gasteiger charge is -2.11. The van der Waals surface area contributed by atoms with Gasteiger partial charge in [0, 0.05) is 24.3 Å². The third-order valence-corrected chi connectivity index (χ3v) is 3.48. The molecule has 0 amide bonds. The van der Waals surface area contributed by atoms with Gasteiger partial charge in [-0.15, -0.1) is 0 Å². The highest BCUT2D eigenvalue weighted by Crippen LogP contribution is 2.25. The zero-order chi connectivity index (χ0) is 13.9. The van der Waals surface area contributed by atoms with E-state index < -0.39 is 0 Å². The van der Waals surface area contributed by atoms with Crippen molar-refractivity contribution in [2.45, 2.75) is 25.8 Å². The third-order valence-electron chi connectivity index (χ3n) is 3.48. The predicted molar refractivity (Wildman–Crippen MR) is 75.3 cm³/mol. The predicted octanol–water partition coefficient (Wildman–Crippen LogP) is 1.21. The first-order valence-corrected chi connectivity index (χ1v) is 6.67. The van der Waals surface area contributed by atoms with E-state index in [0.29, 0.717) is 19.1 Å². The van der Waals surface area contributed by atoms with Crippen LogP contribution in [0, 0.1) is 6.92 Å². The maximum Gasteiger partial charge on any atom is 0.222 e. The highest BCUT2D eigenvalue weighted by Gasteiger charge is 2.20. The minimum absolute atomic E-state index is 0.288. The van der Waals surface area contributed by atoms with Crippen LogP contribution in [0.1, 0.15) is 29.4 Å². The zero-order valence-corrected chi connectivity index (χ0v) is 11.4. The summed E-state index contributed by atoms with van der Waals surface area (Å²) in [5.41, 5.74) is 8.73. The summed E-state index contributed by atoms with van der Waals surface area (Å²) in [7, 11) is 0. The number of nitrogens with two attached hydrogens (primary N) is 1. The van der Waals surface area contributed by atoms with Crippen LogP contribution in [0.5, 0.6) is 0 Å². The monoisotopic (exact) mass is 274 g/mol. The van der Waals surface area contributed by atoms with E-state index in [9.17, 15) is 0 Å². The molecule has 1 aliphatic heterocycles. The van der Waals surface area contributed by atoms with E-state index in [4.69, 9.17) is 10.5 Å². The molecule has 20 heavy (non-hydrogen) atoms. The number of rotatable bonds is 4. The van der Waals surface area contributed by atoms with E-state index in [0.717, 1.165) is 35.9 Å². The molecule has 2 aromatic heterocycles. The molecule has 0 saturated carbocycles. The Hall–Kier alpha value is -2.15. The van der Waals surface area contributed by atoms with E-state index in [2.05, 4.69) is 25.3 Å². The summed E-state index contributed by atoms with van der Waals surface area (Å²) in [5.74, 6) is 1.32. The highest BCUT2D eigenvalue weighted by molar-refractivity contribution is 5.42. The fourth-order valence-corrected chi connectivity index (χ4v) is 2.29. The Kier molecular flexibility index (Phi) is 3.51. The smallest absolute Gasteiger partial charge is 0.222 e. The Bertz CT molecular complexity index is 590. The molecule has 1 aliphatic rings. The Labute approximate surface area is 117 Å². The number of hydrogen-bond acceptors (Lipinski definition) is 6. The lowest BCUT2D eigenvalue weighted by molar-refractivity contribution is 0.193. The number of nitrogens with one attached hydrogen (secondary N) is 2. The van der Waals surface area contributed by atoms with Gasteiger partial charge in [-0.25, -0.2) is 9.97 Å². The van der Waals surface area contributed by atoms with Crippen LogP contribution in [0.25, 0.3) is 0 Å². The summed E-state index contributed by atoms with van der Waals surface area (Å²) in [6, 6.07) is 1.94. The first-order chi connectivity index (χ1) is 9.72. The summed E-state index contributed by atoms with van der Waals surface area (Å²) in [4.78, 5) is 15.8. The number of aromatic nitrogens is 4. The van der Waals surface area contributed by atoms with E-state index in [1.54, 1.807) is 6.33 Å². The highest BCUT2D eigenvalue weighted by atomic mass is 16.5. The summed E-state index contributed by atoms with van der Waals surface area (Å²) in [5, 5.41) is 3.24. The molecule has 3 heterocycles. The van der Waals surface area contributed by atoms with Crippen LogP contribution in [0.2, 0.25) is 0 Å². The molecule has 7 nitrogen and oxygen atoms in total. The van der Waals surface area contributed by atoms with Gasteiger partial charge in [-0.05, 0) is 13.3 Å². The normalized spacial score (nSPS) is 18.4. The fourth-order valence-electron chi connectivity index (χ4n) is 2.29. The average molecular weight is 274 g/mol. The summed E-state index contributed by atoms with van der Waals surface area (Å²) >= 11 is 0. The largest absolute Gasteiger partial charge is 0.381 e. The van der Waals surface area contributed by atoms with Gasteiger partial charge in [-0.1, -0.05) is 0 Å². The summed E-state index contributed by atoms with van der Waals surface area (Å²) < 4.78 is 5.39. The third kappa shape index (κ3) is 2.72. The quantitative estimate of drug-likeness (QED) is 0.774. The van der Waals surface area contributed by atoms with Crippen LogP contribution in [-0.2, 0) is 11.3 Å². The molecule has 0 aromatic carbocycles. The zero-order valence-electron chi connectivity index (χ0n) is 11.4. The standard InChI is InChI=1S/C13H18N6O/c1-8-11(17-7-16-8)5-15-12-4-10(18-13(14)19-12)9-2-3-20-6-9/h4,7,9H,2-3,5-6H2,1H3,(H,16,17)(H3,14,15,18,19). The number of nitrogen functional groups attached to an aromatic ring is 1. The van der Waals surface area contributed by atoms with Gasteiger partial charge in [0.05, 0.1) is 30.9 Å². The maximum absolute atomic E-state index is 5.78. The van der Waals surface area contributed by atoms with Crippen molar-refractivity contribution in [3.8, 4) is 0 Å². The second-order valence-corrected chi connectivity index (χ2v) is 4.92. The van der Waals surface area contributed by atoms with Crippen molar-refractivity contribution in [2.24, 2.45) is 0 Å². The van der Waals surface area contributed by atoms with Gasteiger partial charge in [0.2, 0.25) is 5.95 Å². The Morgan fingerprint density at radius 3 is 3.10 bits per heavy atom. The van der Waals surface area contributed by atoms with E-state index in [1.807, 2.05) is 13.0 Å². The van der Waals surface area contributed by atoms with Crippen LogP contribution in [0.15, 0.2) is 12.4 Å². The number of imidazole rings is 1. The SMILES string of the molecule is Cc1[nH]cnc1CNc1cc(C2CCOC2)nc(N)n1. The Morgan fingerprint density at radius 1 is 1.50 bits per heavy atom. The number of nitrogens with zero attached hydrogens (tertiary/aromatic N) is 3. The molecular weight excluding hydrogens is 256 g/mol. The first kappa shape index (κ1) is 12.9. The number of H-pyrrole nitrogens is 1. The van der Waals surface area contributed by atoms with Gasteiger partial charge in [-0.2, -0.15) is 4.98 Å². The van der Waals surface area contributed by atoms with Crippen LogP contribution in [0.3, 0.4) is 0 Å². The van der Waals surface area contributed by atoms with E-state index in [1.165, 1.54) is 0 Å². The molecule has 1 atom stereocenters. The summed E-state index contributed by atoms with van der Waals surface area (Å²) in [6.45, 7) is 4.07. The minimum atomic E-state index is 0.288. The molecule has 106 valence electrons. The van der Waals surface area contributed by atoms with Gasteiger partial charge in [0.25, 0.3) is 0 Å². The number of ether oxygens (including phenoxy) is 1. The topological polar surface area (TPSA) is 102 Å². The minimum Gasteiger partial charge on any atom is -0.381 e. The van der Waals surface area contributed by atoms with Gasteiger partial charge >= 0.3 is 0 Å². The molecule has 4 N–H and O–H groups in total. The van der Waals surface area contributed by atoms with E-state index in [-0.39, 0.29) is 5.95 Å². The van der Waals surface area contributed by atoms with Crippen molar-refractivity contribution < 1.29 is 4.74 Å². The van der Waals surface area contributed by atoms with Crippen molar-refractivity contribution in [2.75, 3.05) is 24.3 Å². The van der Waals surface area contributed by atoms with Gasteiger partial charge in [-0.3, -0.25) is 0 Å². The molecule has 3 rings (SSSR count). The van der Waals surface area contributed by atoms with Gasteiger partial charge in [0.15, 0.2) is 0 Å². The van der Waals surface area contributed by atoms with Crippen molar-refractivity contribution >= 4 is 11.8 Å². The van der Waals surface area contributed by atoms with Crippen molar-refractivity contribution in [3.63, 3.8) is 0 Å². The lowest BCUT2D eigenvalue weighted by Crippen LogP contribution is -2.09. The Balaban J connectivity index is 1.74. The van der Waals surface area contributed by atoms with Crippen LogP contribution >= 0.6 is 0 Å². The maximum atomic E-state index is 5.78. The molecule has 0 spiro atoms. The molecule has 0 aliphatic carbocycles. The molecule has 1 fully saturated rings. The second kappa shape index (κ2) is 5.46. The number of aromatic amines is 1. The fraction of sp³-hybridized carbons (Fsp3) is 0.462. The molecular formula is C13H18N6O. The number of anilines is 2. The number of hydrogen-bond donors (Lipinski definition) is 3. The van der Waals surface area contributed by atoms with Gasteiger partial charge < -0.3 is 20.8 Å². The number of aryl methyl sites for hydroxylation is 1. The van der Waals surface area contributed by atoms with Crippen LogP contribution < -0.4 is 11.1 Å². The average Bonchev–Trinajstić information content (AvgIpc) is 3.07. The molecule has 0 bridgehead atoms. The van der Waals surface area contributed by atoms with Crippen LogP contribution in [-0.4, -0.2) is 33.1 Å². The summed E-state index contributed by atoms with van der Waals surface area (Å²) in [6.07, 6.45) is 2.66. The van der Waals surface area contributed by atoms with Crippen molar-refractivity contribution in [3.05, 3.63) is 29.5 Å². The van der Waals surface area contributed by atoms with E-state index >= 15 is 0 Å². The second-order valence-electron chi connectivity index (χ2n) is 4.92. The Morgan fingerprint density at radius 2 is 2.40 bits per heavy atom. The first-order valence-electron chi connectivity index (χ1n) is 6.67. The lowest BCUT2D eigenvalue weighted by atomic mass is 10.0. The molecule has 1 saturated heterocycles. The molecule has 1 unspecified atom stereocenters. The van der Waals surface area contributed by atoms with Crippen molar-refractivity contribution in [1.82, 2.24) is 19.9 Å². The molecule has 0 radical (unpaired) electrons. The molecule has 7 heteroatoms. The molecule has 2 aromatic rings. The van der Waals surface area contributed by atoms with Gasteiger partial charge in [0.1, 0.15) is 5.82 Å². The van der Waals surface area contributed by atoms with Crippen molar-refractivity contribution in [1.29, 1.82) is 0 Å².